The normalized spacial score (nSPS) is 18.0. The van der Waals surface area contributed by atoms with Crippen molar-refractivity contribution < 1.29 is 19.1 Å². The van der Waals surface area contributed by atoms with Gasteiger partial charge in [0.15, 0.2) is 0 Å². The summed E-state index contributed by atoms with van der Waals surface area (Å²) < 4.78 is 10.2. The van der Waals surface area contributed by atoms with Gasteiger partial charge in [-0.05, 0) is 31.5 Å². The number of rotatable bonds is 5. The number of methoxy groups -OCH3 is 2. The van der Waals surface area contributed by atoms with Crippen LogP contribution in [-0.4, -0.2) is 41.8 Å². The van der Waals surface area contributed by atoms with Crippen molar-refractivity contribution in [1.29, 1.82) is 0 Å². The fourth-order valence-electron chi connectivity index (χ4n) is 4.20. The van der Waals surface area contributed by atoms with Gasteiger partial charge in [0.2, 0.25) is 0 Å². The first-order valence-corrected chi connectivity index (χ1v) is 11.2. The van der Waals surface area contributed by atoms with E-state index in [9.17, 15) is 9.59 Å². The van der Waals surface area contributed by atoms with E-state index in [1.165, 1.54) is 25.6 Å². The predicted octanol–water partition coefficient (Wildman–Crippen LogP) is 4.67. The monoisotopic (exact) mass is 461 g/mol. The van der Waals surface area contributed by atoms with Crippen LogP contribution in [0.3, 0.4) is 0 Å². The van der Waals surface area contributed by atoms with Gasteiger partial charge in [-0.25, -0.2) is 9.78 Å². The van der Waals surface area contributed by atoms with Crippen LogP contribution in [0.5, 0.6) is 0 Å². The van der Waals surface area contributed by atoms with E-state index in [0.29, 0.717) is 17.0 Å². The molecule has 33 heavy (non-hydrogen) atoms. The van der Waals surface area contributed by atoms with E-state index >= 15 is 0 Å². The highest BCUT2D eigenvalue weighted by atomic mass is 32.1. The predicted molar refractivity (Wildman–Crippen MR) is 127 cm³/mol. The van der Waals surface area contributed by atoms with Crippen LogP contribution in [0.4, 0.5) is 0 Å². The van der Waals surface area contributed by atoms with Gasteiger partial charge in [0.1, 0.15) is 10.9 Å². The lowest BCUT2D eigenvalue weighted by atomic mass is 9.74. The lowest BCUT2D eigenvalue weighted by Gasteiger charge is -2.32. The summed E-state index contributed by atoms with van der Waals surface area (Å²) in [5.41, 5.74) is 4.88. The van der Waals surface area contributed by atoms with Crippen molar-refractivity contribution in [3.63, 3.8) is 0 Å². The summed E-state index contributed by atoms with van der Waals surface area (Å²) in [5.74, 6) is -2.35. The standard InChI is InChI=1S/C25H23N3O4S/c1-14-20(24(29)31-3)22(21(15(2)27-14)25(30)32-4)17-7-5-6-8-18(17)23-28-19(13-33-23)16-9-11-26-12-10-16/h5-13,20,22H,1-4H3. The van der Waals surface area contributed by atoms with Crippen molar-refractivity contribution in [3.8, 4) is 21.8 Å². The highest BCUT2D eigenvalue weighted by Crippen LogP contribution is 2.44. The van der Waals surface area contributed by atoms with Crippen LogP contribution in [-0.2, 0) is 19.1 Å². The SMILES string of the molecule is COC(=O)C1=C(C)N=C(C)C(C(=O)OC)C1c1ccccc1-c1nc(-c2ccncc2)cs1. The molecule has 0 saturated heterocycles. The maximum absolute atomic E-state index is 12.9. The Morgan fingerprint density at radius 3 is 2.42 bits per heavy atom. The van der Waals surface area contributed by atoms with Crippen LogP contribution in [0.15, 0.2) is 70.4 Å². The number of allylic oxidation sites excluding steroid dienone is 1. The lowest BCUT2D eigenvalue weighted by molar-refractivity contribution is -0.143. The second-order valence-corrected chi connectivity index (χ2v) is 8.44. The Balaban J connectivity index is 1.89. The maximum Gasteiger partial charge on any atom is 0.336 e. The van der Waals surface area contributed by atoms with Crippen molar-refractivity contribution in [2.24, 2.45) is 10.9 Å². The number of pyridine rings is 1. The third-order valence-corrected chi connectivity index (χ3v) is 6.57. The van der Waals surface area contributed by atoms with Crippen molar-refractivity contribution in [1.82, 2.24) is 9.97 Å². The Labute approximate surface area is 195 Å². The van der Waals surface area contributed by atoms with Gasteiger partial charge in [0, 0.05) is 46.2 Å². The minimum atomic E-state index is -0.756. The summed E-state index contributed by atoms with van der Waals surface area (Å²) in [6.45, 7) is 3.53. The molecular formula is C25H23N3O4S. The van der Waals surface area contributed by atoms with Gasteiger partial charge in [0.05, 0.1) is 25.5 Å². The zero-order valence-electron chi connectivity index (χ0n) is 18.7. The molecule has 3 aromatic rings. The van der Waals surface area contributed by atoms with E-state index in [1.807, 2.05) is 41.8 Å². The molecule has 2 aromatic heterocycles. The molecule has 1 aromatic carbocycles. The molecule has 4 rings (SSSR count). The summed E-state index contributed by atoms with van der Waals surface area (Å²) in [6.07, 6.45) is 3.45. The van der Waals surface area contributed by atoms with Crippen LogP contribution < -0.4 is 0 Å². The Morgan fingerprint density at radius 2 is 1.73 bits per heavy atom. The molecule has 3 heterocycles. The van der Waals surface area contributed by atoms with E-state index in [1.54, 1.807) is 26.2 Å². The van der Waals surface area contributed by atoms with E-state index < -0.39 is 23.8 Å². The number of aliphatic imine (C=N–C) groups is 1. The number of carbonyl (C=O) groups excluding carboxylic acids is 2. The summed E-state index contributed by atoms with van der Waals surface area (Å²) in [7, 11) is 2.66. The Morgan fingerprint density at radius 1 is 1.00 bits per heavy atom. The van der Waals surface area contributed by atoms with Gasteiger partial charge in [-0.3, -0.25) is 14.8 Å². The number of thiazole rings is 1. The first kappa shape index (κ1) is 22.5. The average Bonchev–Trinajstić information content (AvgIpc) is 3.33. The van der Waals surface area contributed by atoms with Crippen molar-refractivity contribution >= 4 is 29.0 Å². The fourth-order valence-corrected chi connectivity index (χ4v) is 5.07. The van der Waals surface area contributed by atoms with Crippen LogP contribution >= 0.6 is 11.3 Å². The highest BCUT2D eigenvalue weighted by Gasteiger charge is 2.43. The number of aromatic nitrogens is 2. The van der Waals surface area contributed by atoms with Crippen molar-refractivity contribution in [3.05, 3.63) is 71.0 Å². The third kappa shape index (κ3) is 4.21. The third-order valence-electron chi connectivity index (χ3n) is 5.70. The Bertz CT molecular complexity index is 1260. The smallest absolute Gasteiger partial charge is 0.336 e. The second-order valence-electron chi connectivity index (χ2n) is 7.58. The molecule has 8 heteroatoms. The van der Waals surface area contributed by atoms with Crippen molar-refractivity contribution in [2.75, 3.05) is 14.2 Å². The first-order valence-electron chi connectivity index (χ1n) is 10.3. The highest BCUT2D eigenvalue weighted by molar-refractivity contribution is 7.13. The summed E-state index contributed by atoms with van der Waals surface area (Å²) in [6, 6.07) is 11.5. The number of hydrogen-bond acceptors (Lipinski definition) is 8. The minimum absolute atomic E-state index is 0.344. The molecule has 0 aliphatic carbocycles. The average molecular weight is 462 g/mol. The molecule has 1 aliphatic heterocycles. The van der Waals surface area contributed by atoms with Gasteiger partial charge >= 0.3 is 11.9 Å². The van der Waals surface area contributed by atoms with E-state index in [0.717, 1.165) is 27.4 Å². The van der Waals surface area contributed by atoms with Gasteiger partial charge < -0.3 is 9.47 Å². The molecule has 1 aliphatic rings. The molecule has 0 fully saturated rings. The molecular weight excluding hydrogens is 438 g/mol. The van der Waals surface area contributed by atoms with Crippen LogP contribution in [0.25, 0.3) is 21.8 Å². The van der Waals surface area contributed by atoms with E-state index in [-0.39, 0.29) is 0 Å². The lowest BCUT2D eigenvalue weighted by Crippen LogP contribution is -2.36. The number of carbonyl (C=O) groups is 2. The van der Waals surface area contributed by atoms with E-state index in [2.05, 4.69) is 9.98 Å². The van der Waals surface area contributed by atoms with E-state index in [4.69, 9.17) is 14.5 Å². The molecule has 168 valence electrons. The fraction of sp³-hybridized carbons (Fsp3) is 0.240. The molecule has 2 unspecified atom stereocenters. The minimum Gasteiger partial charge on any atom is -0.468 e. The quantitative estimate of drug-likeness (QED) is 0.513. The van der Waals surface area contributed by atoms with Gasteiger partial charge in [-0.1, -0.05) is 24.3 Å². The molecule has 7 nitrogen and oxygen atoms in total. The largest absolute Gasteiger partial charge is 0.468 e. The summed E-state index contributed by atoms with van der Waals surface area (Å²) >= 11 is 1.50. The number of benzene rings is 1. The molecule has 0 N–H and O–H groups in total. The van der Waals surface area contributed by atoms with Crippen LogP contribution in [0.2, 0.25) is 0 Å². The zero-order chi connectivity index (χ0) is 23.5. The zero-order valence-corrected chi connectivity index (χ0v) is 19.6. The van der Waals surface area contributed by atoms with Gasteiger partial charge in [0.25, 0.3) is 0 Å². The van der Waals surface area contributed by atoms with Gasteiger partial charge in [-0.2, -0.15) is 0 Å². The molecule has 2 atom stereocenters. The number of ether oxygens (including phenoxy) is 2. The summed E-state index contributed by atoms with van der Waals surface area (Å²) in [4.78, 5) is 39.1. The number of nitrogens with zero attached hydrogens (tertiary/aromatic N) is 3. The molecule has 0 amide bonds. The maximum atomic E-state index is 12.9. The summed E-state index contributed by atoms with van der Waals surface area (Å²) in [5, 5.41) is 2.76. The van der Waals surface area contributed by atoms with Crippen LogP contribution in [0, 0.1) is 5.92 Å². The molecule has 0 bridgehead atoms. The first-order chi connectivity index (χ1) is 16.0. The topological polar surface area (TPSA) is 90.7 Å². The van der Waals surface area contributed by atoms with Crippen molar-refractivity contribution in [2.45, 2.75) is 19.8 Å². The van der Waals surface area contributed by atoms with Crippen LogP contribution in [0.1, 0.15) is 25.3 Å². The Kier molecular flexibility index (Phi) is 6.46. The molecule has 0 spiro atoms. The second kappa shape index (κ2) is 9.46. The molecule has 0 radical (unpaired) electrons. The van der Waals surface area contributed by atoms with Gasteiger partial charge in [-0.15, -0.1) is 11.3 Å². The number of esters is 2. The molecule has 0 saturated carbocycles. The number of hydrogen-bond donors (Lipinski definition) is 0. The Hall–Kier alpha value is -3.65.